The number of aromatic nitrogens is 2. The van der Waals surface area contributed by atoms with E-state index in [0.717, 1.165) is 34.1 Å². The van der Waals surface area contributed by atoms with Crippen molar-refractivity contribution in [2.75, 3.05) is 9.80 Å². The molecule has 0 amide bonds. The van der Waals surface area contributed by atoms with Crippen LogP contribution in [-0.2, 0) is 16.2 Å². The fraction of sp³-hybridized carbons (Fsp3) is 0.140. The van der Waals surface area contributed by atoms with E-state index >= 15 is 0 Å². The maximum absolute atomic E-state index is 2.64. The van der Waals surface area contributed by atoms with Crippen molar-refractivity contribution in [2.45, 2.75) is 78.6 Å². The lowest BCUT2D eigenvalue weighted by Gasteiger charge is -2.46. The van der Waals surface area contributed by atoms with Gasteiger partial charge < -0.3 is 18.9 Å². The van der Waals surface area contributed by atoms with Gasteiger partial charge in [0.1, 0.15) is 0 Å². The topological polar surface area (TPSA) is 16.3 Å². The summed E-state index contributed by atoms with van der Waals surface area (Å²) in [5.41, 5.74) is 26.1. The molecule has 13 aromatic carbocycles. The van der Waals surface area contributed by atoms with Crippen LogP contribution in [0.1, 0.15) is 79.0 Å². The highest BCUT2D eigenvalue weighted by Crippen LogP contribution is 2.51. The Labute approximate surface area is 534 Å². The third-order valence-electron chi connectivity index (χ3n) is 19.9. The van der Waals surface area contributed by atoms with Crippen LogP contribution in [0.2, 0.25) is 0 Å². The summed E-state index contributed by atoms with van der Waals surface area (Å²) in [4.78, 5) is 5.28. The standard InChI is InChI=1S/C86H71BN4/c1-84(2,3)58-38-46-73-67(48-58)81-65-32-18-16-28-56(65)36-44-75(81)88(73)61-40-42-69-77(52-61)90(71-34-22-20-30-63(71)54-24-12-10-13-25-54)79-50-60(86(7,8)9)51-80-83(79)87(69)70-43-41-62(53-78(70)91(80)72-35-23-21-31-64(72)55-26-14-11-15-27-55)89-74-47-39-59(85(4,5)6)49-68(74)82-66-33-19-17-29-57(66)37-45-76(82)89/h10-53H,1-9H3. The summed E-state index contributed by atoms with van der Waals surface area (Å²) >= 11 is 0. The smallest absolute Gasteiger partial charge is 0.252 e. The van der Waals surface area contributed by atoms with E-state index in [-0.39, 0.29) is 23.0 Å². The minimum Gasteiger partial charge on any atom is -0.311 e. The Morgan fingerprint density at radius 3 is 1.09 bits per heavy atom. The number of nitrogens with zero attached hydrogens (tertiary/aromatic N) is 4. The molecule has 2 aromatic heterocycles. The van der Waals surface area contributed by atoms with E-state index in [1.165, 1.54) is 132 Å². The van der Waals surface area contributed by atoms with Gasteiger partial charge in [-0.1, -0.05) is 244 Å². The van der Waals surface area contributed by atoms with Crippen LogP contribution in [0.15, 0.2) is 267 Å². The quantitative estimate of drug-likeness (QED) is 0.154. The van der Waals surface area contributed by atoms with Crippen molar-refractivity contribution < 1.29 is 0 Å². The first-order chi connectivity index (χ1) is 44.1. The highest BCUT2D eigenvalue weighted by atomic mass is 15.2. The van der Waals surface area contributed by atoms with Crippen LogP contribution in [-0.4, -0.2) is 15.8 Å². The monoisotopic (exact) mass is 1170 g/mol. The summed E-state index contributed by atoms with van der Waals surface area (Å²) in [6.07, 6.45) is 0. The van der Waals surface area contributed by atoms with E-state index in [1.54, 1.807) is 0 Å². The van der Waals surface area contributed by atoms with Crippen LogP contribution >= 0.6 is 0 Å². The molecule has 2 aliphatic heterocycles. The summed E-state index contributed by atoms with van der Waals surface area (Å²) in [7, 11) is 0. The summed E-state index contributed by atoms with van der Waals surface area (Å²) in [6, 6.07) is 102. The van der Waals surface area contributed by atoms with E-state index in [2.05, 4.69) is 348 Å². The summed E-state index contributed by atoms with van der Waals surface area (Å²) < 4.78 is 5.08. The summed E-state index contributed by atoms with van der Waals surface area (Å²) in [5, 5.41) is 10.1. The second-order valence-electron chi connectivity index (χ2n) is 28.5. The molecule has 0 saturated heterocycles. The van der Waals surface area contributed by atoms with Gasteiger partial charge in [-0.15, -0.1) is 0 Å². The van der Waals surface area contributed by atoms with Gasteiger partial charge in [0, 0.05) is 66.8 Å². The number of para-hydroxylation sites is 2. The Kier molecular flexibility index (Phi) is 12.1. The van der Waals surface area contributed by atoms with Crippen LogP contribution in [0.4, 0.5) is 34.1 Å². The molecule has 0 fully saturated rings. The van der Waals surface area contributed by atoms with Crippen molar-refractivity contribution >= 4 is 122 Å². The van der Waals surface area contributed by atoms with Crippen LogP contribution in [0, 0.1) is 0 Å². The highest BCUT2D eigenvalue weighted by Gasteiger charge is 2.45. The minimum absolute atomic E-state index is 0.0332. The zero-order chi connectivity index (χ0) is 61.8. The fourth-order valence-electron chi connectivity index (χ4n) is 15.3. The third-order valence-corrected chi connectivity index (χ3v) is 19.9. The molecule has 0 unspecified atom stereocenters. The normalized spacial score (nSPS) is 13.3. The molecule has 17 rings (SSSR count). The molecule has 0 N–H and O–H groups in total. The first-order valence-electron chi connectivity index (χ1n) is 32.4. The molecule has 4 nitrogen and oxygen atoms in total. The molecule has 438 valence electrons. The molecule has 0 bridgehead atoms. The average Bonchev–Trinajstić information content (AvgIpc) is 0.846. The molecule has 2 aliphatic rings. The minimum atomic E-state index is -0.240. The Hall–Kier alpha value is -10.4. The van der Waals surface area contributed by atoms with Gasteiger partial charge in [0.05, 0.1) is 33.4 Å². The van der Waals surface area contributed by atoms with Gasteiger partial charge in [-0.25, -0.2) is 0 Å². The molecule has 0 spiro atoms. The maximum atomic E-state index is 2.64. The van der Waals surface area contributed by atoms with Crippen molar-refractivity contribution in [3.8, 4) is 33.6 Å². The van der Waals surface area contributed by atoms with Gasteiger partial charge in [0.25, 0.3) is 6.71 Å². The SMILES string of the molecule is CC(C)(C)c1cc2c3c(c1)N(c1ccccc1-c1ccccc1)c1cc(-n4c5ccc(C(C)(C)C)cc5c5c6ccccc6ccc54)ccc1B3c1ccc(-n3c4ccc(C(C)(C)C)cc4c4c5ccccc5ccc43)cc1N2c1ccccc1-c1ccccc1. The second kappa shape index (κ2) is 20.1. The predicted molar refractivity (Wildman–Crippen MR) is 391 cm³/mol. The largest absolute Gasteiger partial charge is 0.311 e. The molecular formula is C86H71BN4. The Bertz CT molecular complexity index is 5160. The lowest BCUT2D eigenvalue weighted by atomic mass is 9.33. The number of anilines is 6. The molecule has 0 radical (unpaired) electrons. The number of benzene rings is 13. The molecule has 15 aromatic rings. The number of hydrogen-bond acceptors (Lipinski definition) is 2. The second-order valence-corrected chi connectivity index (χ2v) is 28.5. The summed E-state index contributed by atoms with van der Waals surface area (Å²) in [6.45, 7) is 20.9. The Morgan fingerprint density at radius 1 is 0.275 bits per heavy atom. The lowest BCUT2D eigenvalue weighted by molar-refractivity contribution is 0.590. The van der Waals surface area contributed by atoms with Gasteiger partial charge in [-0.3, -0.25) is 0 Å². The van der Waals surface area contributed by atoms with Gasteiger partial charge >= 0.3 is 0 Å². The van der Waals surface area contributed by atoms with Crippen molar-refractivity contribution in [2.24, 2.45) is 0 Å². The lowest BCUT2D eigenvalue weighted by Crippen LogP contribution is -2.61. The van der Waals surface area contributed by atoms with Crippen molar-refractivity contribution in [3.05, 3.63) is 284 Å². The molecule has 4 heterocycles. The van der Waals surface area contributed by atoms with Crippen molar-refractivity contribution in [1.82, 2.24) is 9.13 Å². The molecule has 0 atom stereocenters. The zero-order valence-corrected chi connectivity index (χ0v) is 53.3. The van der Waals surface area contributed by atoms with Crippen molar-refractivity contribution in [1.29, 1.82) is 0 Å². The number of rotatable bonds is 6. The molecule has 0 aliphatic carbocycles. The van der Waals surface area contributed by atoms with E-state index in [1.807, 2.05) is 0 Å². The maximum Gasteiger partial charge on any atom is 0.252 e. The van der Waals surface area contributed by atoms with E-state index in [9.17, 15) is 0 Å². The molecule has 5 heteroatoms. The number of hydrogen-bond donors (Lipinski definition) is 0. The molecular weight excluding hydrogens is 1100 g/mol. The fourth-order valence-corrected chi connectivity index (χ4v) is 15.3. The van der Waals surface area contributed by atoms with E-state index < -0.39 is 0 Å². The van der Waals surface area contributed by atoms with Gasteiger partial charge in [-0.2, -0.15) is 0 Å². The Balaban J connectivity index is 0.994. The van der Waals surface area contributed by atoms with Crippen LogP contribution in [0.3, 0.4) is 0 Å². The summed E-state index contributed by atoms with van der Waals surface area (Å²) in [5.74, 6) is 0. The predicted octanol–water partition coefficient (Wildman–Crippen LogP) is 21.5. The average molecular weight is 1170 g/mol. The zero-order valence-electron chi connectivity index (χ0n) is 53.3. The van der Waals surface area contributed by atoms with E-state index in [0.29, 0.717) is 0 Å². The van der Waals surface area contributed by atoms with E-state index in [4.69, 9.17) is 0 Å². The van der Waals surface area contributed by atoms with Gasteiger partial charge in [0.15, 0.2) is 0 Å². The molecule has 91 heavy (non-hydrogen) atoms. The number of fused-ring (bicyclic) bond motifs is 14. The highest BCUT2D eigenvalue weighted by molar-refractivity contribution is 7.00. The van der Waals surface area contributed by atoms with Gasteiger partial charge in [0.2, 0.25) is 0 Å². The molecule has 0 saturated carbocycles. The first-order valence-corrected chi connectivity index (χ1v) is 32.4. The van der Waals surface area contributed by atoms with Crippen LogP contribution in [0.5, 0.6) is 0 Å². The first kappa shape index (κ1) is 54.8. The Morgan fingerprint density at radius 2 is 0.659 bits per heavy atom. The van der Waals surface area contributed by atoms with Gasteiger partial charge in [-0.05, 0) is 167 Å². The van der Waals surface area contributed by atoms with Crippen LogP contribution in [0.25, 0.3) is 98.8 Å². The third kappa shape index (κ3) is 8.50. The van der Waals surface area contributed by atoms with Crippen molar-refractivity contribution in [3.63, 3.8) is 0 Å². The van der Waals surface area contributed by atoms with Crippen LogP contribution < -0.4 is 26.2 Å².